The summed E-state index contributed by atoms with van der Waals surface area (Å²) in [6.45, 7) is 2.00. The zero-order valence-electron chi connectivity index (χ0n) is 12.1. The summed E-state index contributed by atoms with van der Waals surface area (Å²) >= 11 is 0. The third kappa shape index (κ3) is 4.46. The fourth-order valence-corrected chi connectivity index (χ4v) is 1.70. The Morgan fingerprint density at radius 3 is 2.65 bits per heavy atom. The maximum atomic E-state index is 11.9. The molecule has 0 saturated heterocycles. The van der Waals surface area contributed by atoms with Crippen LogP contribution in [0.2, 0.25) is 0 Å². The molecule has 6 nitrogen and oxygen atoms in total. The van der Waals surface area contributed by atoms with Gasteiger partial charge in [-0.25, -0.2) is 0 Å². The summed E-state index contributed by atoms with van der Waals surface area (Å²) in [5, 5.41) is 2.55. The maximum absolute atomic E-state index is 11.9. The van der Waals surface area contributed by atoms with Crippen LogP contribution in [-0.4, -0.2) is 44.0 Å². The highest BCUT2D eigenvalue weighted by molar-refractivity contribution is 5.81. The van der Waals surface area contributed by atoms with Crippen LogP contribution in [0.1, 0.15) is 6.92 Å². The van der Waals surface area contributed by atoms with Gasteiger partial charge in [-0.1, -0.05) is 19.1 Å². The molecular weight excluding hydrogens is 258 g/mol. The Hall–Kier alpha value is -2.24. The third-order valence-corrected chi connectivity index (χ3v) is 2.94. The van der Waals surface area contributed by atoms with Crippen LogP contribution in [0.5, 0.6) is 5.75 Å². The average Bonchev–Trinajstić information content (AvgIpc) is 2.44. The van der Waals surface area contributed by atoms with E-state index in [1.807, 2.05) is 0 Å². The summed E-state index contributed by atoms with van der Waals surface area (Å²) in [7, 11) is 3.21. The van der Waals surface area contributed by atoms with Gasteiger partial charge in [0, 0.05) is 20.6 Å². The number of nitrogens with two attached hydrogens (primary N) is 1. The normalized spacial score (nSPS) is 11.6. The van der Waals surface area contributed by atoms with Crippen molar-refractivity contribution in [2.45, 2.75) is 6.92 Å². The zero-order valence-corrected chi connectivity index (χ0v) is 12.1. The Balaban J connectivity index is 2.46. The molecule has 0 spiro atoms. The second-order valence-corrected chi connectivity index (χ2v) is 4.62. The summed E-state index contributed by atoms with van der Waals surface area (Å²) in [5.41, 5.74) is 6.21. The van der Waals surface area contributed by atoms with E-state index in [-0.39, 0.29) is 24.3 Å². The van der Waals surface area contributed by atoms with Gasteiger partial charge in [-0.15, -0.1) is 0 Å². The molecule has 0 fully saturated rings. The van der Waals surface area contributed by atoms with Gasteiger partial charge in [-0.05, 0) is 12.1 Å². The molecule has 1 unspecified atom stereocenters. The van der Waals surface area contributed by atoms with Crippen molar-refractivity contribution in [1.82, 2.24) is 10.2 Å². The first-order chi connectivity index (χ1) is 9.45. The molecule has 1 aromatic rings. The highest BCUT2D eigenvalue weighted by Crippen LogP contribution is 2.19. The topological polar surface area (TPSA) is 84.7 Å². The number of amides is 2. The number of nitrogens with zero attached hydrogens (tertiary/aromatic N) is 1. The fraction of sp³-hybridized carbons (Fsp3) is 0.429. The molecule has 3 N–H and O–H groups in total. The highest BCUT2D eigenvalue weighted by atomic mass is 16.5. The van der Waals surface area contributed by atoms with Crippen molar-refractivity contribution in [1.29, 1.82) is 0 Å². The number of anilines is 1. The number of hydrogen-bond acceptors (Lipinski definition) is 4. The number of carbonyl (C=O) groups is 2. The van der Waals surface area contributed by atoms with Gasteiger partial charge in [0.2, 0.25) is 5.91 Å². The molecule has 0 aliphatic carbocycles. The van der Waals surface area contributed by atoms with Crippen molar-refractivity contribution in [3.63, 3.8) is 0 Å². The highest BCUT2D eigenvalue weighted by Gasteiger charge is 2.17. The second kappa shape index (κ2) is 7.37. The number of nitrogen functional groups attached to an aromatic ring is 1. The van der Waals surface area contributed by atoms with Gasteiger partial charge in [-0.3, -0.25) is 9.59 Å². The Morgan fingerprint density at radius 2 is 2.05 bits per heavy atom. The maximum Gasteiger partial charge on any atom is 0.260 e. The van der Waals surface area contributed by atoms with E-state index in [2.05, 4.69) is 5.32 Å². The lowest BCUT2D eigenvalue weighted by Crippen LogP contribution is -2.39. The average molecular weight is 279 g/mol. The van der Waals surface area contributed by atoms with Crippen LogP contribution in [-0.2, 0) is 9.59 Å². The molecule has 110 valence electrons. The molecule has 0 radical (unpaired) electrons. The van der Waals surface area contributed by atoms with Crippen molar-refractivity contribution in [3.8, 4) is 5.75 Å². The molecule has 1 aromatic carbocycles. The fourth-order valence-electron chi connectivity index (χ4n) is 1.70. The quantitative estimate of drug-likeness (QED) is 0.742. The van der Waals surface area contributed by atoms with Gasteiger partial charge in [0.1, 0.15) is 5.75 Å². The molecule has 2 amide bonds. The molecule has 20 heavy (non-hydrogen) atoms. The van der Waals surface area contributed by atoms with Crippen LogP contribution in [0.4, 0.5) is 5.69 Å². The number of carbonyl (C=O) groups excluding carboxylic acids is 2. The molecule has 0 aliphatic heterocycles. The molecule has 0 aliphatic rings. The van der Waals surface area contributed by atoms with Crippen molar-refractivity contribution in [3.05, 3.63) is 24.3 Å². The van der Waals surface area contributed by atoms with Crippen molar-refractivity contribution in [2.75, 3.05) is 33.0 Å². The number of likely N-dealkylation sites (N-methyl/N-ethyl adjacent to an activating group) is 1. The number of rotatable bonds is 6. The van der Waals surface area contributed by atoms with Gasteiger partial charge >= 0.3 is 0 Å². The van der Waals surface area contributed by atoms with Gasteiger partial charge in [0.25, 0.3) is 5.91 Å². The molecule has 0 aromatic heterocycles. The van der Waals surface area contributed by atoms with Crippen molar-refractivity contribution in [2.24, 2.45) is 5.92 Å². The van der Waals surface area contributed by atoms with E-state index in [1.165, 1.54) is 4.90 Å². The van der Waals surface area contributed by atoms with Gasteiger partial charge in [0.05, 0.1) is 11.6 Å². The van der Waals surface area contributed by atoms with E-state index in [0.717, 1.165) is 0 Å². The molecular formula is C14H21N3O3. The lowest BCUT2D eigenvalue weighted by molar-refractivity contribution is -0.133. The molecule has 0 heterocycles. The zero-order chi connectivity index (χ0) is 15.1. The predicted octanol–water partition coefficient (Wildman–Crippen LogP) is 0.488. The minimum Gasteiger partial charge on any atom is -0.482 e. The SMILES string of the molecule is CNC(=O)C(C)CN(C)C(=O)COc1ccccc1N. The van der Waals surface area contributed by atoms with Crippen molar-refractivity contribution >= 4 is 17.5 Å². The van der Waals surface area contributed by atoms with Crippen LogP contribution in [0.3, 0.4) is 0 Å². The minimum atomic E-state index is -0.268. The van der Waals surface area contributed by atoms with Gasteiger partial charge in [-0.2, -0.15) is 0 Å². The molecule has 1 rings (SSSR count). The Labute approximate surface area is 118 Å². The summed E-state index contributed by atoms with van der Waals surface area (Å²) in [5.74, 6) is -0.0915. The predicted molar refractivity (Wildman–Crippen MR) is 77.2 cm³/mol. The summed E-state index contributed by atoms with van der Waals surface area (Å²) < 4.78 is 5.37. The largest absolute Gasteiger partial charge is 0.482 e. The summed E-state index contributed by atoms with van der Waals surface area (Å²) in [6, 6.07) is 6.99. The van der Waals surface area contributed by atoms with E-state index in [4.69, 9.17) is 10.5 Å². The van der Waals surface area contributed by atoms with Gasteiger partial charge in [0.15, 0.2) is 6.61 Å². The molecule has 0 saturated carbocycles. The molecule has 6 heteroatoms. The van der Waals surface area contributed by atoms with E-state index < -0.39 is 0 Å². The lowest BCUT2D eigenvalue weighted by Gasteiger charge is -2.21. The van der Waals surface area contributed by atoms with Crippen LogP contribution < -0.4 is 15.8 Å². The third-order valence-electron chi connectivity index (χ3n) is 2.94. The number of nitrogens with one attached hydrogen (secondary N) is 1. The second-order valence-electron chi connectivity index (χ2n) is 4.62. The lowest BCUT2D eigenvalue weighted by atomic mass is 10.1. The van der Waals surface area contributed by atoms with E-state index >= 15 is 0 Å². The minimum absolute atomic E-state index is 0.0992. The van der Waals surface area contributed by atoms with Crippen molar-refractivity contribution < 1.29 is 14.3 Å². The van der Waals surface area contributed by atoms with Gasteiger partial charge < -0.3 is 20.7 Å². The number of hydrogen-bond donors (Lipinski definition) is 2. The van der Waals surface area contributed by atoms with E-state index in [0.29, 0.717) is 18.0 Å². The summed E-state index contributed by atoms with van der Waals surface area (Å²) in [4.78, 5) is 24.8. The van der Waals surface area contributed by atoms with Crippen LogP contribution in [0.25, 0.3) is 0 Å². The number of para-hydroxylation sites is 2. The first kappa shape index (κ1) is 15.8. The number of benzene rings is 1. The van der Waals surface area contributed by atoms with E-state index in [9.17, 15) is 9.59 Å². The molecule has 0 bridgehead atoms. The standard InChI is InChI=1S/C14H21N3O3/c1-10(14(19)16-2)8-17(3)13(18)9-20-12-7-5-4-6-11(12)15/h4-7,10H,8-9,15H2,1-3H3,(H,16,19). The Kier molecular flexibility index (Phi) is 5.83. The van der Waals surface area contributed by atoms with Crippen LogP contribution >= 0.6 is 0 Å². The van der Waals surface area contributed by atoms with Crippen LogP contribution in [0.15, 0.2) is 24.3 Å². The van der Waals surface area contributed by atoms with Crippen LogP contribution in [0, 0.1) is 5.92 Å². The summed E-state index contributed by atoms with van der Waals surface area (Å²) in [6.07, 6.45) is 0. The Bertz CT molecular complexity index is 476. The molecule has 1 atom stereocenters. The first-order valence-corrected chi connectivity index (χ1v) is 6.38. The smallest absolute Gasteiger partial charge is 0.260 e. The number of ether oxygens (including phenoxy) is 1. The van der Waals surface area contributed by atoms with E-state index in [1.54, 1.807) is 45.3 Å². The Morgan fingerprint density at radius 1 is 1.40 bits per heavy atom. The monoisotopic (exact) mass is 279 g/mol. The first-order valence-electron chi connectivity index (χ1n) is 6.38.